The van der Waals surface area contributed by atoms with Gasteiger partial charge >= 0.3 is 0 Å². The molecule has 0 amide bonds. The molecule has 0 aliphatic carbocycles. The van der Waals surface area contributed by atoms with Crippen molar-refractivity contribution in [3.63, 3.8) is 0 Å². The lowest BCUT2D eigenvalue weighted by atomic mass is 9.91. The van der Waals surface area contributed by atoms with Gasteiger partial charge in [-0.2, -0.15) is 0 Å². The number of rotatable bonds is 1. The molecule has 1 aliphatic rings. The van der Waals surface area contributed by atoms with Crippen molar-refractivity contribution in [3.05, 3.63) is 21.4 Å². The minimum atomic E-state index is 0.672. The zero-order chi connectivity index (χ0) is 11.0. The van der Waals surface area contributed by atoms with Gasteiger partial charge in [-0.15, -0.1) is 11.3 Å². The number of hydrogen-bond donors (Lipinski definition) is 0. The van der Waals surface area contributed by atoms with Crippen molar-refractivity contribution in [2.75, 3.05) is 13.6 Å². The summed E-state index contributed by atoms with van der Waals surface area (Å²) in [7, 11) is 2.27. The van der Waals surface area contributed by atoms with E-state index in [1.165, 1.54) is 29.1 Å². The van der Waals surface area contributed by atoms with Gasteiger partial charge in [-0.25, -0.2) is 0 Å². The Kier molecular flexibility index (Phi) is 3.17. The van der Waals surface area contributed by atoms with E-state index in [1.807, 2.05) is 11.3 Å². The fraction of sp³-hybridized carbons (Fsp3) is 0.692. The Morgan fingerprint density at radius 1 is 1.33 bits per heavy atom. The topological polar surface area (TPSA) is 3.24 Å². The van der Waals surface area contributed by atoms with E-state index in [1.54, 1.807) is 5.56 Å². The molecule has 2 heterocycles. The predicted octanol–water partition coefficient (Wildman–Crippen LogP) is 3.77. The number of piperidine rings is 1. The molecule has 0 N–H and O–H groups in total. The molecule has 1 fully saturated rings. The molecule has 1 nitrogen and oxygen atoms in total. The maximum atomic E-state index is 2.53. The highest BCUT2D eigenvalue weighted by Gasteiger charge is 2.26. The van der Waals surface area contributed by atoms with Gasteiger partial charge in [-0.1, -0.05) is 6.92 Å². The van der Waals surface area contributed by atoms with Crippen LogP contribution in [0, 0.1) is 19.8 Å². The van der Waals surface area contributed by atoms with Crippen molar-refractivity contribution in [1.29, 1.82) is 0 Å². The van der Waals surface area contributed by atoms with Gasteiger partial charge in [-0.3, -0.25) is 4.90 Å². The Morgan fingerprint density at radius 2 is 2.07 bits per heavy atom. The lowest BCUT2D eigenvalue weighted by Gasteiger charge is -2.36. The molecule has 84 valence electrons. The highest BCUT2D eigenvalue weighted by Crippen LogP contribution is 2.36. The molecule has 0 aromatic carbocycles. The summed E-state index contributed by atoms with van der Waals surface area (Å²) < 4.78 is 0. The molecule has 2 atom stereocenters. The Morgan fingerprint density at radius 3 is 2.60 bits per heavy atom. The maximum Gasteiger partial charge on any atom is 0.0356 e. The van der Waals surface area contributed by atoms with Crippen LogP contribution in [0.2, 0.25) is 0 Å². The van der Waals surface area contributed by atoms with Gasteiger partial charge in [0.15, 0.2) is 0 Å². The minimum Gasteiger partial charge on any atom is -0.299 e. The number of likely N-dealkylation sites (tertiary alicyclic amines) is 1. The van der Waals surface area contributed by atoms with Crippen LogP contribution in [0.15, 0.2) is 6.07 Å². The Balaban J connectivity index is 2.20. The summed E-state index contributed by atoms with van der Waals surface area (Å²) in [6, 6.07) is 3.06. The molecule has 0 bridgehead atoms. The monoisotopic (exact) mass is 223 g/mol. The largest absolute Gasteiger partial charge is 0.299 e. The highest BCUT2D eigenvalue weighted by atomic mass is 32.1. The van der Waals surface area contributed by atoms with Crippen LogP contribution in [0.25, 0.3) is 0 Å². The van der Waals surface area contributed by atoms with Crippen LogP contribution in [0.4, 0.5) is 0 Å². The molecule has 1 aromatic heterocycles. The third kappa shape index (κ3) is 2.26. The van der Waals surface area contributed by atoms with Crippen LogP contribution < -0.4 is 0 Å². The van der Waals surface area contributed by atoms with Crippen LogP contribution in [0.5, 0.6) is 0 Å². The van der Waals surface area contributed by atoms with Crippen LogP contribution in [0.3, 0.4) is 0 Å². The van der Waals surface area contributed by atoms with Gasteiger partial charge in [0.05, 0.1) is 0 Å². The molecule has 1 saturated heterocycles. The molecule has 2 unspecified atom stereocenters. The first kappa shape index (κ1) is 11.2. The van der Waals surface area contributed by atoms with Gasteiger partial charge in [0, 0.05) is 22.3 Å². The Hall–Kier alpha value is -0.340. The number of hydrogen-bond acceptors (Lipinski definition) is 2. The zero-order valence-electron chi connectivity index (χ0n) is 10.2. The molecular formula is C13H21NS. The molecule has 2 rings (SSSR count). The lowest BCUT2D eigenvalue weighted by Crippen LogP contribution is -2.34. The fourth-order valence-electron chi connectivity index (χ4n) is 2.75. The fourth-order valence-corrected chi connectivity index (χ4v) is 3.73. The van der Waals surface area contributed by atoms with E-state index in [9.17, 15) is 0 Å². The van der Waals surface area contributed by atoms with Crippen molar-refractivity contribution in [2.45, 2.75) is 39.7 Å². The first-order valence-corrected chi connectivity index (χ1v) is 6.66. The molecule has 1 aliphatic heterocycles. The second kappa shape index (κ2) is 4.26. The summed E-state index contributed by atoms with van der Waals surface area (Å²) in [6.45, 7) is 8.09. The van der Waals surface area contributed by atoms with E-state index in [-0.39, 0.29) is 0 Å². The van der Waals surface area contributed by atoms with Crippen molar-refractivity contribution < 1.29 is 0 Å². The third-order valence-corrected chi connectivity index (χ3v) is 4.48. The van der Waals surface area contributed by atoms with Crippen molar-refractivity contribution in [2.24, 2.45) is 5.92 Å². The van der Waals surface area contributed by atoms with Crippen molar-refractivity contribution in [3.8, 4) is 0 Å². The predicted molar refractivity (Wildman–Crippen MR) is 67.6 cm³/mol. The highest BCUT2D eigenvalue weighted by molar-refractivity contribution is 7.12. The molecule has 0 saturated carbocycles. The second-order valence-electron chi connectivity index (χ2n) is 5.01. The van der Waals surface area contributed by atoms with Crippen LogP contribution >= 0.6 is 11.3 Å². The average molecular weight is 223 g/mol. The molecule has 1 aromatic rings. The molecule has 15 heavy (non-hydrogen) atoms. The standard InChI is InChI=1S/C13H21NS/c1-9-5-6-13(14(4)8-9)12-7-10(2)15-11(12)3/h7,9,13H,5-6,8H2,1-4H3. The lowest BCUT2D eigenvalue weighted by molar-refractivity contribution is 0.146. The summed E-state index contributed by atoms with van der Waals surface area (Å²) in [6.07, 6.45) is 2.71. The number of thiophene rings is 1. The van der Waals surface area contributed by atoms with Gasteiger partial charge in [0.1, 0.15) is 0 Å². The first-order valence-electron chi connectivity index (χ1n) is 5.85. The van der Waals surface area contributed by atoms with E-state index >= 15 is 0 Å². The number of aryl methyl sites for hydroxylation is 2. The van der Waals surface area contributed by atoms with E-state index in [0.29, 0.717) is 6.04 Å². The summed E-state index contributed by atoms with van der Waals surface area (Å²) >= 11 is 1.94. The molecular weight excluding hydrogens is 202 g/mol. The van der Waals surface area contributed by atoms with Gasteiger partial charge in [0.2, 0.25) is 0 Å². The van der Waals surface area contributed by atoms with E-state index in [2.05, 4.69) is 38.8 Å². The summed E-state index contributed by atoms with van der Waals surface area (Å²) in [5, 5.41) is 0. The summed E-state index contributed by atoms with van der Waals surface area (Å²) in [5.41, 5.74) is 1.58. The van der Waals surface area contributed by atoms with E-state index in [0.717, 1.165) is 5.92 Å². The van der Waals surface area contributed by atoms with Gasteiger partial charge in [-0.05, 0) is 51.3 Å². The second-order valence-corrected chi connectivity index (χ2v) is 6.47. The molecule has 0 radical (unpaired) electrons. The SMILES string of the molecule is Cc1cc(C2CCC(C)CN2C)c(C)s1. The van der Waals surface area contributed by atoms with Gasteiger partial charge in [0.25, 0.3) is 0 Å². The molecule has 2 heteroatoms. The van der Waals surface area contributed by atoms with E-state index in [4.69, 9.17) is 0 Å². The Bertz CT molecular complexity index is 342. The van der Waals surface area contributed by atoms with Crippen LogP contribution in [-0.4, -0.2) is 18.5 Å². The number of nitrogens with zero attached hydrogens (tertiary/aromatic N) is 1. The average Bonchev–Trinajstić information content (AvgIpc) is 2.45. The summed E-state index contributed by atoms with van der Waals surface area (Å²) in [5.74, 6) is 0.867. The zero-order valence-corrected chi connectivity index (χ0v) is 11.0. The molecule has 0 spiro atoms. The van der Waals surface area contributed by atoms with Crippen molar-refractivity contribution in [1.82, 2.24) is 4.90 Å². The minimum absolute atomic E-state index is 0.672. The van der Waals surface area contributed by atoms with Gasteiger partial charge < -0.3 is 0 Å². The maximum absolute atomic E-state index is 2.53. The van der Waals surface area contributed by atoms with E-state index < -0.39 is 0 Å². The first-order chi connectivity index (χ1) is 7.08. The third-order valence-electron chi connectivity index (χ3n) is 3.50. The normalized spacial score (nSPS) is 28.3. The van der Waals surface area contributed by atoms with Crippen LogP contribution in [0.1, 0.15) is 41.1 Å². The van der Waals surface area contributed by atoms with Crippen molar-refractivity contribution >= 4 is 11.3 Å². The summed E-state index contributed by atoms with van der Waals surface area (Å²) in [4.78, 5) is 5.50. The van der Waals surface area contributed by atoms with Crippen LogP contribution in [-0.2, 0) is 0 Å². The quantitative estimate of drug-likeness (QED) is 0.700. The smallest absolute Gasteiger partial charge is 0.0356 e. The Labute approximate surface area is 97.1 Å².